The number of carbonyl (C=O) groups excluding carboxylic acids is 1. The van der Waals surface area contributed by atoms with Crippen molar-refractivity contribution >= 4 is 18.2 Å². The van der Waals surface area contributed by atoms with E-state index in [0.717, 1.165) is 17.3 Å². The number of fused-ring (bicyclic) bond motifs is 1. The van der Waals surface area contributed by atoms with Crippen molar-refractivity contribution in [1.82, 2.24) is 4.90 Å². The molecule has 0 aromatic heterocycles. The van der Waals surface area contributed by atoms with Crippen LogP contribution in [0.2, 0.25) is 0 Å². The molecule has 0 aliphatic carbocycles. The van der Waals surface area contributed by atoms with Crippen LogP contribution < -0.4 is 0 Å². The predicted octanol–water partition coefficient (Wildman–Crippen LogP) is 2.60. The first-order valence-corrected chi connectivity index (χ1v) is 5.61. The summed E-state index contributed by atoms with van der Waals surface area (Å²) in [5.41, 5.74) is 2.28. The molecule has 1 aliphatic rings. The Labute approximate surface area is 107 Å². The van der Waals surface area contributed by atoms with Crippen LogP contribution in [0.25, 0.3) is 6.08 Å². The van der Waals surface area contributed by atoms with Gasteiger partial charge in [-0.15, -0.1) is 0 Å². The summed E-state index contributed by atoms with van der Waals surface area (Å²) in [5, 5.41) is 7.15. The molecular weight excluding hydrogens is 257 g/mol. The number of amides is 1. The molecule has 0 unspecified atom stereocenters. The number of halogens is 3. The molecule has 0 bridgehead atoms. The number of carbonyl (C=O) groups is 1. The van der Waals surface area contributed by atoms with Crippen molar-refractivity contribution in [3.8, 4) is 0 Å². The SMILES string of the molecule is N=Cc1ccc2c(c1)CCN(C(=O)C(F)(F)F)C=C2. The summed E-state index contributed by atoms with van der Waals surface area (Å²) in [5.74, 6) is -1.86. The Balaban J connectivity index is 2.25. The van der Waals surface area contributed by atoms with Crippen LogP contribution in [0.15, 0.2) is 24.4 Å². The summed E-state index contributed by atoms with van der Waals surface area (Å²) in [4.78, 5) is 11.8. The maximum Gasteiger partial charge on any atom is 0.471 e. The number of nitrogens with zero attached hydrogens (tertiary/aromatic N) is 1. The molecule has 0 radical (unpaired) electrons. The van der Waals surface area contributed by atoms with Crippen molar-refractivity contribution in [2.24, 2.45) is 0 Å². The topological polar surface area (TPSA) is 44.2 Å². The number of benzene rings is 1. The Morgan fingerprint density at radius 3 is 2.74 bits per heavy atom. The van der Waals surface area contributed by atoms with Gasteiger partial charge in [0, 0.05) is 19.0 Å². The molecule has 100 valence electrons. The molecule has 19 heavy (non-hydrogen) atoms. The maximum atomic E-state index is 12.4. The lowest BCUT2D eigenvalue weighted by molar-refractivity contribution is -0.182. The smallest absolute Gasteiger partial charge is 0.311 e. The van der Waals surface area contributed by atoms with Crippen molar-refractivity contribution in [3.63, 3.8) is 0 Å². The van der Waals surface area contributed by atoms with Gasteiger partial charge in [0.1, 0.15) is 0 Å². The van der Waals surface area contributed by atoms with Crippen molar-refractivity contribution in [2.45, 2.75) is 12.6 Å². The lowest BCUT2D eigenvalue weighted by atomic mass is 10.0. The number of alkyl halides is 3. The van der Waals surface area contributed by atoms with E-state index in [2.05, 4.69) is 0 Å². The van der Waals surface area contributed by atoms with E-state index in [4.69, 9.17) is 5.41 Å². The van der Waals surface area contributed by atoms with Gasteiger partial charge in [0.05, 0.1) is 0 Å². The number of hydrogen-bond donors (Lipinski definition) is 1. The molecule has 2 rings (SSSR count). The Morgan fingerprint density at radius 2 is 2.11 bits per heavy atom. The quantitative estimate of drug-likeness (QED) is 0.782. The third-order valence-corrected chi connectivity index (χ3v) is 2.89. The Morgan fingerprint density at radius 1 is 1.37 bits per heavy atom. The Hall–Kier alpha value is -2.11. The van der Waals surface area contributed by atoms with Crippen LogP contribution in [0.1, 0.15) is 16.7 Å². The summed E-state index contributed by atoms with van der Waals surface area (Å²) in [6, 6.07) is 5.18. The highest BCUT2D eigenvalue weighted by Crippen LogP contribution is 2.23. The van der Waals surface area contributed by atoms with Crippen LogP contribution in [-0.4, -0.2) is 29.7 Å². The van der Waals surface area contributed by atoms with E-state index in [-0.39, 0.29) is 6.54 Å². The first-order valence-electron chi connectivity index (χ1n) is 5.61. The summed E-state index contributed by atoms with van der Waals surface area (Å²) in [6.45, 7) is -0.0245. The lowest BCUT2D eigenvalue weighted by Crippen LogP contribution is -2.38. The molecule has 1 amide bonds. The van der Waals surface area contributed by atoms with Gasteiger partial charge in [-0.05, 0) is 35.3 Å². The van der Waals surface area contributed by atoms with Gasteiger partial charge in [-0.25, -0.2) is 0 Å². The molecule has 3 nitrogen and oxygen atoms in total. The normalized spacial score (nSPS) is 14.8. The van der Waals surface area contributed by atoms with Crippen molar-refractivity contribution in [1.29, 1.82) is 5.41 Å². The fraction of sp³-hybridized carbons (Fsp3) is 0.231. The van der Waals surface area contributed by atoms with Crippen LogP contribution in [-0.2, 0) is 11.2 Å². The highest BCUT2D eigenvalue weighted by Gasteiger charge is 2.42. The lowest BCUT2D eigenvalue weighted by Gasteiger charge is -2.18. The van der Waals surface area contributed by atoms with E-state index in [9.17, 15) is 18.0 Å². The summed E-state index contributed by atoms with van der Waals surface area (Å²) < 4.78 is 37.1. The van der Waals surface area contributed by atoms with E-state index < -0.39 is 12.1 Å². The zero-order valence-corrected chi connectivity index (χ0v) is 9.87. The summed E-state index contributed by atoms with van der Waals surface area (Å²) >= 11 is 0. The number of rotatable bonds is 1. The van der Waals surface area contributed by atoms with E-state index >= 15 is 0 Å². The van der Waals surface area contributed by atoms with Gasteiger partial charge in [-0.1, -0.05) is 12.1 Å². The molecule has 0 atom stereocenters. The molecule has 1 aromatic carbocycles. The molecule has 1 aromatic rings. The third kappa shape index (κ3) is 2.83. The second-order valence-corrected chi connectivity index (χ2v) is 4.16. The molecule has 1 heterocycles. The average Bonchev–Trinajstić information content (AvgIpc) is 2.58. The van der Waals surface area contributed by atoms with Gasteiger partial charge in [-0.3, -0.25) is 4.79 Å². The van der Waals surface area contributed by atoms with Gasteiger partial charge in [0.15, 0.2) is 0 Å². The van der Waals surface area contributed by atoms with Gasteiger partial charge in [0.25, 0.3) is 0 Å². The zero-order valence-electron chi connectivity index (χ0n) is 9.87. The van der Waals surface area contributed by atoms with Crippen molar-refractivity contribution in [2.75, 3.05) is 6.54 Å². The standard InChI is InChI=1S/C13H11F3N2O/c14-13(15,16)12(19)18-5-3-10-2-1-9(8-17)7-11(10)4-6-18/h1-3,5,7-8,17H,4,6H2. The van der Waals surface area contributed by atoms with Gasteiger partial charge < -0.3 is 10.3 Å². The molecule has 6 heteroatoms. The molecule has 0 fully saturated rings. The van der Waals surface area contributed by atoms with E-state index in [1.807, 2.05) is 0 Å². The minimum Gasteiger partial charge on any atom is -0.311 e. The molecular formula is C13H11F3N2O. The van der Waals surface area contributed by atoms with Crippen LogP contribution in [0.5, 0.6) is 0 Å². The van der Waals surface area contributed by atoms with Gasteiger partial charge in [0.2, 0.25) is 0 Å². The second kappa shape index (κ2) is 4.87. The Bertz CT molecular complexity index is 549. The van der Waals surface area contributed by atoms with E-state index in [0.29, 0.717) is 16.9 Å². The number of nitrogens with one attached hydrogen (secondary N) is 1. The van der Waals surface area contributed by atoms with Crippen molar-refractivity contribution < 1.29 is 18.0 Å². The largest absolute Gasteiger partial charge is 0.471 e. The van der Waals surface area contributed by atoms with Crippen LogP contribution in [0.4, 0.5) is 13.2 Å². The maximum absolute atomic E-state index is 12.4. The Kier molecular flexibility index (Phi) is 3.42. The minimum absolute atomic E-state index is 0.0245. The second-order valence-electron chi connectivity index (χ2n) is 4.16. The third-order valence-electron chi connectivity index (χ3n) is 2.89. The molecule has 0 saturated carbocycles. The fourth-order valence-electron chi connectivity index (χ4n) is 1.91. The van der Waals surface area contributed by atoms with Crippen LogP contribution in [0, 0.1) is 5.41 Å². The highest BCUT2D eigenvalue weighted by molar-refractivity contribution is 5.84. The first kappa shape index (κ1) is 13.3. The molecule has 0 spiro atoms. The molecule has 0 saturated heterocycles. The van der Waals surface area contributed by atoms with Crippen LogP contribution >= 0.6 is 0 Å². The first-order chi connectivity index (χ1) is 8.91. The van der Waals surface area contributed by atoms with Crippen molar-refractivity contribution in [3.05, 3.63) is 41.1 Å². The van der Waals surface area contributed by atoms with Gasteiger partial charge >= 0.3 is 12.1 Å². The van der Waals surface area contributed by atoms with Crippen LogP contribution in [0.3, 0.4) is 0 Å². The fourth-order valence-corrected chi connectivity index (χ4v) is 1.91. The zero-order chi connectivity index (χ0) is 14.0. The average molecular weight is 268 g/mol. The molecule has 1 N–H and O–H groups in total. The minimum atomic E-state index is -4.86. The predicted molar refractivity (Wildman–Crippen MR) is 64.8 cm³/mol. The van der Waals surface area contributed by atoms with E-state index in [1.165, 1.54) is 12.3 Å². The van der Waals surface area contributed by atoms with Gasteiger partial charge in [-0.2, -0.15) is 13.2 Å². The molecule has 1 aliphatic heterocycles. The summed E-state index contributed by atoms with van der Waals surface area (Å²) in [6.07, 6.45) is -0.716. The highest BCUT2D eigenvalue weighted by atomic mass is 19.4. The number of hydrogen-bond acceptors (Lipinski definition) is 2. The monoisotopic (exact) mass is 268 g/mol. The van der Waals surface area contributed by atoms with E-state index in [1.54, 1.807) is 18.2 Å². The summed E-state index contributed by atoms with van der Waals surface area (Å²) in [7, 11) is 0.